The van der Waals surface area contributed by atoms with E-state index in [4.69, 9.17) is 4.74 Å². The van der Waals surface area contributed by atoms with Crippen molar-refractivity contribution >= 4 is 11.9 Å². The van der Waals surface area contributed by atoms with Crippen LogP contribution in [0.15, 0.2) is 11.6 Å². The molecule has 190 valence electrons. The number of aliphatic carboxylic acids is 1. The van der Waals surface area contributed by atoms with Crippen molar-refractivity contribution < 1.29 is 19.4 Å². The van der Waals surface area contributed by atoms with Gasteiger partial charge in [-0.2, -0.15) is 0 Å². The number of allylic oxidation sites excluding steroid dienone is 2. The monoisotopic (exact) mass is 470 g/mol. The molecule has 0 radical (unpaired) electrons. The Labute approximate surface area is 206 Å². The first-order valence-electron chi connectivity index (χ1n) is 13.8. The number of esters is 1. The summed E-state index contributed by atoms with van der Waals surface area (Å²) in [6.07, 6.45) is 11.7. The minimum Gasteiger partial charge on any atom is -0.481 e. The van der Waals surface area contributed by atoms with Crippen molar-refractivity contribution in [1.82, 2.24) is 0 Å². The smallest absolute Gasteiger partial charge is 0.310 e. The van der Waals surface area contributed by atoms with Crippen molar-refractivity contribution in [2.24, 2.45) is 44.8 Å². The Hall–Kier alpha value is -1.32. The summed E-state index contributed by atoms with van der Waals surface area (Å²) >= 11 is 0. The third-order valence-corrected chi connectivity index (χ3v) is 12.4. The average Bonchev–Trinajstić information content (AvgIpc) is 2.80. The van der Waals surface area contributed by atoms with Crippen LogP contribution < -0.4 is 0 Å². The van der Waals surface area contributed by atoms with Crippen molar-refractivity contribution in [3.8, 4) is 0 Å². The molecule has 4 fully saturated rings. The van der Waals surface area contributed by atoms with Gasteiger partial charge in [0.05, 0.1) is 5.41 Å². The lowest BCUT2D eigenvalue weighted by molar-refractivity contribution is -0.191. The van der Waals surface area contributed by atoms with Crippen LogP contribution in [-0.2, 0) is 14.3 Å². The van der Waals surface area contributed by atoms with E-state index in [2.05, 4.69) is 54.5 Å². The molecule has 0 bridgehead atoms. The van der Waals surface area contributed by atoms with E-state index < -0.39 is 17.0 Å². The van der Waals surface area contributed by atoms with E-state index in [9.17, 15) is 14.7 Å². The summed E-state index contributed by atoms with van der Waals surface area (Å²) in [5.41, 5.74) is 0.798. The Bertz CT molecular complexity index is 945. The number of hydrogen-bond donors (Lipinski definition) is 1. The molecule has 4 heteroatoms. The van der Waals surface area contributed by atoms with Gasteiger partial charge < -0.3 is 9.84 Å². The molecule has 1 heterocycles. The van der Waals surface area contributed by atoms with Crippen molar-refractivity contribution in [2.75, 3.05) is 0 Å². The number of carboxylic acids is 1. The molecule has 34 heavy (non-hydrogen) atoms. The summed E-state index contributed by atoms with van der Waals surface area (Å²) in [6.45, 7) is 16.4. The Morgan fingerprint density at radius 2 is 1.62 bits per heavy atom. The molecule has 5 rings (SSSR count). The molecule has 7 atom stereocenters. The van der Waals surface area contributed by atoms with E-state index in [0.29, 0.717) is 18.3 Å². The summed E-state index contributed by atoms with van der Waals surface area (Å²) in [6, 6.07) is 0. The molecule has 1 aliphatic heterocycles. The minimum atomic E-state index is -0.588. The summed E-state index contributed by atoms with van der Waals surface area (Å²) < 4.78 is 5.99. The molecule has 0 aromatic heterocycles. The van der Waals surface area contributed by atoms with E-state index in [1.807, 2.05) is 0 Å². The van der Waals surface area contributed by atoms with Crippen LogP contribution in [0.25, 0.3) is 0 Å². The first kappa shape index (κ1) is 24.4. The zero-order valence-corrected chi connectivity index (χ0v) is 22.6. The van der Waals surface area contributed by atoms with Crippen LogP contribution in [0.5, 0.6) is 0 Å². The van der Waals surface area contributed by atoms with Gasteiger partial charge in [0, 0.05) is 12.3 Å². The molecule has 4 aliphatic carbocycles. The van der Waals surface area contributed by atoms with Crippen LogP contribution in [-0.4, -0.2) is 22.6 Å². The molecule has 4 nitrogen and oxygen atoms in total. The van der Waals surface area contributed by atoms with Crippen LogP contribution in [0.2, 0.25) is 0 Å². The van der Waals surface area contributed by atoms with Gasteiger partial charge in [-0.05, 0) is 105 Å². The molecule has 5 aliphatic rings. The molecular weight excluding hydrogens is 424 g/mol. The maximum atomic E-state index is 12.8. The van der Waals surface area contributed by atoms with Crippen LogP contribution >= 0.6 is 0 Å². The number of hydrogen-bond acceptors (Lipinski definition) is 3. The molecular formula is C30H46O4. The maximum absolute atomic E-state index is 12.8. The third-order valence-electron chi connectivity index (χ3n) is 12.4. The topological polar surface area (TPSA) is 63.6 Å². The van der Waals surface area contributed by atoms with Gasteiger partial charge in [0.1, 0.15) is 5.60 Å². The summed E-state index contributed by atoms with van der Waals surface area (Å²) in [5, 5.41) is 10.5. The van der Waals surface area contributed by atoms with E-state index in [1.54, 1.807) is 0 Å². The number of carbonyl (C=O) groups is 2. The fourth-order valence-corrected chi connectivity index (χ4v) is 10.3. The highest BCUT2D eigenvalue weighted by Crippen LogP contribution is 2.74. The first-order valence-corrected chi connectivity index (χ1v) is 13.8. The lowest BCUT2D eigenvalue weighted by atomic mass is 9.35. The van der Waals surface area contributed by atoms with Gasteiger partial charge in [-0.3, -0.25) is 9.59 Å². The Morgan fingerprint density at radius 1 is 0.941 bits per heavy atom. The van der Waals surface area contributed by atoms with Gasteiger partial charge in [-0.25, -0.2) is 0 Å². The second kappa shape index (κ2) is 7.13. The van der Waals surface area contributed by atoms with Crippen LogP contribution in [0.4, 0.5) is 0 Å². The van der Waals surface area contributed by atoms with Crippen molar-refractivity contribution in [1.29, 1.82) is 0 Å². The highest BCUT2D eigenvalue weighted by atomic mass is 16.6. The van der Waals surface area contributed by atoms with E-state index in [-0.39, 0.29) is 33.5 Å². The van der Waals surface area contributed by atoms with Gasteiger partial charge in [0.25, 0.3) is 0 Å². The molecule has 0 amide bonds. The molecule has 1 N–H and O–H groups in total. The van der Waals surface area contributed by atoms with Gasteiger partial charge >= 0.3 is 11.9 Å². The average molecular weight is 471 g/mol. The predicted octanol–water partition coefficient (Wildman–Crippen LogP) is 7.17. The van der Waals surface area contributed by atoms with Crippen molar-refractivity contribution in [3.05, 3.63) is 11.6 Å². The molecule has 0 spiro atoms. The Balaban J connectivity index is 1.61. The van der Waals surface area contributed by atoms with Crippen LogP contribution in [0.3, 0.4) is 0 Å². The van der Waals surface area contributed by atoms with Gasteiger partial charge in [-0.15, -0.1) is 0 Å². The van der Waals surface area contributed by atoms with E-state index in [1.165, 1.54) is 5.57 Å². The fourth-order valence-electron chi connectivity index (χ4n) is 10.3. The summed E-state index contributed by atoms with van der Waals surface area (Å²) in [4.78, 5) is 25.3. The van der Waals surface area contributed by atoms with Crippen LogP contribution in [0, 0.1) is 44.8 Å². The van der Waals surface area contributed by atoms with Crippen molar-refractivity contribution in [2.45, 2.75) is 118 Å². The highest BCUT2D eigenvalue weighted by Gasteiger charge is 2.68. The summed E-state index contributed by atoms with van der Waals surface area (Å²) in [5.74, 6) is 0.369. The van der Waals surface area contributed by atoms with Crippen molar-refractivity contribution in [3.63, 3.8) is 0 Å². The predicted molar refractivity (Wildman–Crippen MR) is 133 cm³/mol. The Kier molecular flexibility index (Phi) is 5.11. The largest absolute Gasteiger partial charge is 0.481 e. The minimum absolute atomic E-state index is 0.0161. The summed E-state index contributed by atoms with van der Waals surface area (Å²) in [7, 11) is 0. The van der Waals surface area contributed by atoms with Gasteiger partial charge in [0.15, 0.2) is 0 Å². The van der Waals surface area contributed by atoms with E-state index >= 15 is 0 Å². The Morgan fingerprint density at radius 3 is 2.29 bits per heavy atom. The number of ether oxygens (including phenoxy) is 1. The molecule has 0 aromatic rings. The second-order valence-corrected chi connectivity index (χ2v) is 14.8. The lowest BCUT2D eigenvalue weighted by Gasteiger charge is -2.69. The third kappa shape index (κ3) is 3.01. The number of cyclic esters (lactones) is 1. The number of rotatable bonds is 1. The zero-order valence-electron chi connectivity index (χ0n) is 22.6. The zero-order chi connectivity index (χ0) is 24.9. The molecule has 0 unspecified atom stereocenters. The van der Waals surface area contributed by atoms with E-state index in [0.717, 1.165) is 57.8 Å². The lowest BCUT2D eigenvalue weighted by Crippen LogP contribution is -2.63. The molecule has 1 saturated heterocycles. The number of carboxylic acid groups (broad SMARTS) is 1. The number of carbonyl (C=O) groups excluding carboxylic acids is 1. The molecule has 3 saturated carbocycles. The second-order valence-electron chi connectivity index (χ2n) is 14.8. The van der Waals surface area contributed by atoms with Gasteiger partial charge in [0.2, 0.25) is 0 Å². The fraction of sp³-hybridized carbons (Fsp3) is 0.867. The first-order chi connectivity index (χ1) is 15.6. The quantitative estimate of drug-likeness (QED) is 0.326. The number of fused-ring (bicyclic) bond motifs is 7. The molecule has 0 aromatic carbocycles. The van der Waals surface area contributed by atoms with Crippen LogP contribution in [0.1, 0.15) is 113 Å². The SMILES string of the molecule is CC1(C)CC[C@]2(C(=O)O)CC[C@]3(C)C(=CC[C@@H]4[C@@]5(C)CCC(=O)OC(C)(C)[C@@H]5CC[C@]43C)[C@@H]2C1. The highest BCUT2D eigenvalue weighted by molar-refractivity contribution is 5.76. The normalized spacial score (nSPS) is 49.2. The van der Waals surface area contributed by atoms with Gasteiger partial charge in [-0.1, -0.05) is 46.3 Å². The standard InChI is InChI=1S/C30H46O4/c1-25(2)14-16-30(24(32)33)17-15-28(6)19(20(30)18-25)8-9-22-27(5)12-11-23(31)34-26(3,4)21(27)10-13-29(22,28)7/h8,20-22H,9-18H2,1-7H3,(H,32,33)/t20-,21-,22+,27-,28+,29+,30-/m0/s1. The maximum Gasteiger partial charge on any atom is 0.310 e.